The molecule has 1 rings (SSSR count). The van der Waals surface area contributed by atoms with Gasteiger partial charge in [0.1, 0.15) is 6.54 Å². The lowest BCUT2D eigenvalue weighted by Gasteiger charge is -2.12. The van der Waals surface area contributed by atoms with E-state index in [1.165, 1.54) is 15.9 Å². The summed E-state index contributed by atoms with van der Waals surface area (Å²) in [6, 6.07) is 0. The number of aromatic nitrogens is 1. The normalized spacial score (nSPS) is 11.4. The molecule has 1 aromatic heterocycles. The van der Waals surface area contributed by atoms with Gasteiger partial charge in [-0.05, 0) is 18.3 Å². The van der Waals surface area contributed by atoms with E-state index in [0.717, 1.165) is 17.0 Å². The molecule has 0 bridgehead atoms. The number of aliphatic carboxylic acids is 1. The number of hydrogen-bond donors (Lipinski definition) is 1. The van der Waals surface area contributed by atoms with E-state index >= 15 is 0 Å². The van der Waals surface area contributed by atoms with Crippen molar-refractivity contribution >= 4 is 17.3 Å². The molecule has 0 aromatic carbocycles. The van der Waals surface area contributed by atoms with Crippen molar-refractivity contribution in [3.63, 3.8) is 0 Å². The van der Waals surface area contributed by atoms with Gasteiger partial charge in [-0.15, -0.1) is 0 Å². The number of rotatable bonds is 5. The van der Waals surface area contributed by atoms with Crippen molar-refractivity contribution in [3.8, 4) is 0 Å². The molecule has 0 fully saturated rings. The zero-order valence-electron chi connectivity index (χ0n) is 10.7. The largest absolute Gasteiger partial charge is 0.480 e. The predicted octanol–water partition coefficient (Wildman–Crippen LogP) is 2.32. The highest BCUT2D eigenvalue weighted by Gasteiger charge is 2.19. The van der Waals surface area contributed by atoms with E-state index in [9.17, 15) is 9.59 Å². The van der Waals surface area contributed by atoms with Crippen LogP contribution in [0.5, 0.6) is 0 Å². The van der Waals surface area contributed by atoms with Crippen molar-refractivity contribution in [1.82, 2.24) is 4.57 Å². The van der Waals surface area contributed by atoms with Gasteiger partial charge in [0.15, 0.2) is 0 Å². The van der Waals surface area contributed by atoms with Crippen LogP contribution in [0.3, 0.4) is 0 Å². The quantitative estimate of drug-likeness (QED) is 0.880. The lowest BCUT2D eigenvalue weighted by Crippen LogP contribution is -2.22. The van der Waals surface area contributed by atoms with Crippen LogP contribution in [0.1, 0.15) is 44.2 Å². The van der Waals surface area contributed by atoms with Crippen molar-refractivity contribution in [3.05, 3.63) is 20.2 Å². The third-order valence-corrected chi connectivity index (χ3v) is 3.77. The molecule has 0 saturated heterocycles. The molecule has 0 atom stereocenters. The molecule has 4 nitrogen and oxygen atoms in total. The number of thiazole rings is 1. The number of carboxylic acids is 1. The summed E-state index contributed by atoms with van der Waals surface area (Å²) >= 11 is 1.18. The summed E-state index contributed by atoms with van der Waals surface area (Å²) < 4.78 is 1.41. The summed E-state index contributed by atoms with van der Waals surface area (Å²) in [5.74, 6) is -0.303. The van der Waals surface area contributed by atoms with Crippen LogP contribution < -0.4 is 4.87 Å². The van der Waals surface area contributed by atoms with Crippen molar-refractivity contribution in [1.29, 1.82) is 0 Å². The van der Waals surface area contributed by atoms with Gasteiger partial charge in [-0.3, -0.25) is 14.2 Å². The number of carboxylic acid groups (broad SMARTS) is 1. The highest BCUT2D eigenvalue weighted by atomic mass is 32.1. The second-order valence-corrected chi connectivity index (χ2v) is 5.90. The first-order valence-corrected chi connectivity index (χ1v) is 6.58. The Kier molecular flexibility index (Phi) is 4.51. The Balaban J connectivity index is 3.26. The van der Waals surface area contributed by atoms with Crippen molar-refractivity contribution < 1.29 is 9.90 Å². The van der Waals surface area contributed by atoms with E-state index in [1.807, 2.05) is 13.8 Å². The molecule has 1 N–H and O–H groups in total. The van der Waals surface area contributed by atoms with E-state index in [0.29, 0.717) is 5.92 Å². The molecular formula is C12H19NO3S. The zero-order valence-corrected chi connectivity index (χ0v) is 11.5. The number of nitrogens with zero attached hydrogens (tertiary/aromatic N) is 1. The topological polar surface area (TPSA) is 59.3 Å². The van der Waals surface area contributed by atoms with E-state index in [2.05, 4.69) is 13.8 Å². The van der Waals surface area contributed by atoms with Gasteiger partial charge in [0.05, 0.1) is 0 Å². The van der Waals surface area contributed by atoms with Crippen LogP contribution in [-0.4, -0.2) is 15.6 Å². The lowest BCUT2D eigenvalue weighted by molar-refractivity contribution is -0.137. The van der Waals surface area contributed by atoms with Gasteiger partial charge in [0, 0.05) is 10.6 Å². The smallest absolute Gasteiger partial charge is 0.323 e. The second-order valence-electron chi connectivity index (χ2n) is 4.91. The van der Waals surface area contributed by atoms with Crippen molar-refractivity contribution in [2.24, 2.45) is 5.92 Å². The first kappa shape index (κ1) is 14.0. The first-order chi connectivity index (χ1) is 7.82. The minimum Gasteiger partial charge on any atom is -0.480 e. The fourth-order valence-corrected chi connectivity index (χ4v) is 2.82. The fraction of sp³-hybridized carbons (Fsp3) is 0.667. The summed E-state index contributed by atoms with van der Waals surface area (Å²) in [5, 5.41) is 8.84. The molecule has 0 unspecified atom stereocenters. The Morgan fingerprint density at radius 3 is 2.35 bits per heavy atom. The van der Waals surface area contributed by atoms with Crippen LogP contribution in [0.2, 0.25) is 0 Å². The second kappa shape index (κ2) is 5.49. The molecule has 0 spiro atoms. The van der Waals surface area contributed by atoms with Gasteiger partial charge >= 0.3 is 10.8 Å². The molecule has 0 saturated carbocycles. The summed E-state index contributed by atoms with van der Waals surface area (Å²) in [6.07, 6.45) is 0.750. The van der Waals surface area contributed by atoms with Gasteiger partial charge in [0.2, 0.25) is 0 Å². The first-order valence-electron chi connectivity index (χ1n) is 5.77. The molecule has 0 aliphatic carbocycles. The summed E-state index contributed by atoms with van der Waals surface area (Å²) in [7, 11) is 0. The Bertz CT molecular complexity index is 457. The molecule has 96 valence electrons. The van der Waals surface area contributed by atoms with Crippen LogP contribution in [-0.2, 0) is 17.8 Å². The molecule has 0 amide bonds. The molecule has 1 heterocycles. The fourth-order valence-electron chi connectivity index (χ4n) is 1.80. The van der Waals surface area contributed by atoms with Crippen LogP contribution in [0, 0.1) is 5.92 Å². The van der Waals surface area contributed by atoms with Gasteiger partial charge in [-0.25, -0.2) is 0 Å². The highest BCUT2D eigenvalue weighted by molar-refractivity contribution is 7.09. The van der Waals surface area contributed by atoms with Crippen LogP contribution in [0.4, 0.5) is 0 Å². The maximum atomic E-state index is 11.8. The van der Waals surface area contributed by atoms with Crippen molar-refractivity contribution in [2.45, 2.75) is 46.6 Å². The molecule has 0 radical (unpaired) electrons. The number of hydrogen-bond acceptors (Lipinski definition) is 3. The Labute approximate surface area is 105 Å². The highest BCUT2D eigenvalue weighted by Crippen LogP contribution is 2.25. The average molecular weight is 257 g/mol. The third-order valence-electron chi connectivity index (χ3n) is 2.45. The van der Waals surface area contributed by atoms with Gasteiger partial charge in [0.25, 0.3) is 0 Å². The minimum absolute atomic E-state index is 0.160. The average Bonchev–Trinajstić information content (AvgIpc) is 2.44. The SMILES string of the molecule is CC(C)Cc1c(C(C)C)sc(=O)n1CC(=O)O. The molecule has 1 aromatic rings. The maximum Gasteiger partial charge on any atom is 0.323 e. The Hall–Kier alpha value is -1.10. The lowest BCUT2D eigenvalue weighted by atomic mass is 10.0. The summed E-state index contributed by atoms with van der Waals surface area (Å²) in [6.45, 7) is 7.96. The zero-order chi connectivity index (χ0) is 13.2. The predicted molar refractivity (Wildman–Crippen MR) is 68.8 cm³/mol. The van der Waals surface area contributed by atoms with Gasteiger partial charge < -0.3 is 5.11 Å². The monoisotopic (exact) mass is 257 g/mol. The van der Waals surface area contributed by atoms with E-state index in [1.54, 1.807) is 0 Å². The molecule has 17 heavy (non-hydrogen) atoms. The Morgan fingerprint density at radius 2 is 1.94 bits per heavy atom. The minimum atomic E-state index is -0.967. The standard InChI is InChI=1S/C12H19NO3S/c1-7(2)5-9-11(8(3)4)17-12(16)13(9)6-10(14)15/h7-8H,5-6H2,1-4H3,(H,14,15). The molecular weight excluding hydrogens is 238 g/mol. The molecule has 0 aliphatic rings. The Morgan fingerprint density at radius 1 is 1.35 bits per heavy atom. The molecule has 5 heteroatoms. The van der Waals surface area contributed by atoms with Crippen LogP contribution in [0.15, 0.2) is 4.79 Å². The van der Waals surface area contributed by atoms with E-state index in [-0.39, 0.29) is 17.3 Å². The van der Waals surface area contributed by atoms with Gasteiger partial charge in [-0.1, -0.05) is 39.0 Å². The maximum absolute atomic E-state index is 11.8. The number of carbonyl (C=O) groups is 1. The van der Waals surface area contributed by atoms with Crippen LogP contribution in [0.25, 0.3) is 0 Å². The van der Waals surface area contributed by atoms with E-state index < -0.39 is 5.97 Å². The van der Waals surface area contributed by atoms with Gasteiger partial charge in [-0.2, -0.15) is 0 Å². The summed E-state index contributed by atoms with van der Waals surface area (Å²) in [5.41, 5.74) is 0.896. The van der Waals surface area contributed by atoms with Crippen LogP contribution >= 0.6 is 11.3 Å². The van der Waals surface area contributed by atoms with Crippen molar-refractivity contribution in [2.75, 3.05) is 0 Å². The molecule has 0 aliphatic heterocycles. The third kappa shape index (κ3) is 3.43. The van der Waals surface area contributed by atoms with E-state index in [4.69, 9.17) is 5.11 Å². The summed E-state index contributed by atoms with van der Waals surface area (Å²) in [4.78, 5) is 23.4.